The number of carbonyl (C=O) groups is 2. The Hall–Kier alpha value is -3.42. The molecule has 0 bridgehead atoms. The Morgan fingerprint density at radius 1 is 0.966 bits per heavy atom. The Morgan fingerprint density at radius 3 is 2.45 bits per heavy atom. The van der Waals surface area contributed by atoms with Crippen LogP contribution in [0.5, 0.6) is 0 Å². The minimum atomic E-state index is -0.401. The summed E-state index contributed by atoms with van der Waals surface area (Å²) in [6.07, 6.45) is 4.36. The highest BCUT2D eigenvalue weighted by molar-refractivity contribution is 7.80. The molecule has 0 aliphatic carbocycles. The molecule has 0 saturated heterocycles. The highest BCUT2D eigenvalue weighted by Crippen LogP contribution is 2.19. The summed E-state index contributed by atoms with van der Waals surface area (Å²) in [6.45, 7) is 0. The van der Waals surface area contributed by atoms with Crippen LogP contribution in [0.15, 0.2) is 77.4 Å². The molecule has 0 spiro atoms. The molecule has 0 fully saturated rings. The van der Waals surface area contributed by atoms with Crippen molar-refractivity contribution in [2.24, 2.45) is 0 Å². The number of thiocarbonyl (C=S) groups is 1. The predicted molar refractivity (Wildman–Crippen MR) is 118 cm³/mol. The normalized spacial score (nSPS) is 10.5. The van der Waals surface area contributed by atoms with Crippen LogP contribution in [0.2, 0.25) is 5.02 Å². The average molecular weight is 426 g/mol. The summed E-state index contributed by atoms with van der Waals surface area (Å²) in [5.41, 5.74) is 1.52. The highest BCUT2D eigenvalue weighted by Gasteiger charge is 2.10. The van der Waals surface area contributed by atoms with Gasteiger partial charge in [0.05, 0.1) is 16.8 Å². The van der Waals surface area contributed by atoms with E-state index in [1.54, 1.807) is 60.7 Å². The van der Waals surface area contributed by atoms with E-state index in [9.17, 15) is 9.59 Å². The molecular weight excluding hydrogens is 410 g/mol. The molecule has 3 rings (SSSR count). The van der Waals surface area contributed by atoms with Gasteiger partial charge in [-0.3, -0.25) is 14.9 Å². The SMILES string of the molecule is O=C(/C=C/c1ccco1)NC(=S)Nc1cccc(NC(=O)c2ccccc2Cl)c1. The Morgan fingerprint density at radius 2 is 1.72 bits per heavy atom. The maximum absolute atomic E-state index is 12.4. The van der Waals surface area contributed by atoms with E-state index >= 15 is 0 Å². The van der Waals surface area contributed by atoms with E-state index in [-0.39, 0.29) is 11.0 Å². The molecule has 0 saturated carbocycles. The van der Waals surface area contributed by atoms with Crippen LogP contribution < -0.4 is 16.0 Å². The van der Waals surface area contributed by atoms with Crippen molar-refractivity contribution in [1.29, 1.82) is 0 Å². The summed E-state index contributed by atoms with van der Waals surface area (Å²) in [7, 11) is 0. The lowest BCUT2D eigenvalue weighted by molar-refractivity contribution is -0.115. The van der Waals surface area contributed by atoms with Gasteiger partial charge >= 0.3 is 0 Å². The van der Waals surface area contributed by atoms with Gasteiger partial charge in [-0.1, -0.05) is 29.8 Å². The second-order valence-electron chi connectivity index (χ2n) is 5.81. The fourth-order valence-electron chi connectivity index (χ4n) is 2.38. The van der Waals surface area contributed by atoms with Crippen LogP contribution in [0.3, 0.4) is 0 Å². The van der Waals surface area contributed by atoms with E-state index in [0.29, 0.717) is 27.7 Å². The molecule has 2 amide bonds. The van der Waals surface area contributed by atoms with E-state index in [1.165, 1.54) is 18.4 Å². The molecule has 3 aromatic rings. The van der Waals surface area contributed by atoms with Crippen LogP contribution >= 0.6 is 23.8 Å². The average Bonchev–Trinajstić information content (AvgIpc) is 3.20. The summed E-state index contributed by atoms with van der Waals surface area (Å²) >= 11 is 11.2. The first kappa shape index (κ1) is 20.3. The molecule has 2 aromatic carbocycles. The molecule has 3 N–H and O–H groups in total. The van der Waals surface area contributed by atoms with Gasteiger partial charge < -0.3 is 15.1 Å². The fourth-order valence-corrected chi connectivity index (χ4v) is 2.82. The van der Waals surface area contributed by atoms with Gasteiger partial charge in [0.25, 0.3) is 5.91 Å². The molecule has 0 radical (unpaired) electrons. The monoisotopic (exact) mass is 425 g/mol. The Balaban J connectivity index is 1.58. The topological polar surface area (TPSA) is 83.4 Å². The summed E-state index contributed by atoms with van der Waals surface area (Å²) in [6, 6.07) is 17.1. The molecule has 6 nitrogen and oxygen atoms in total. The molecule has 29 heavy (non-hydrogen) atoms. The smallest absolute Gasteiger partial charge is 0.257 e. The molecule has 1 heterocycles. The summed E-state index contributed by atoms with van der Waals surface area (Å²) in [5.74, 6) is -0.172. The second-order valence-corrected chi connectivity index (χ2v) is 6.62. The van der Waals surface area contributed by atoms with Crippen LogP contribution in [0.1, 0.15) is 16.1 Å². The number of amides is 2. The van der Waals surface area contributed by atoms with E-state index in [1.807, 2.05) is 0 Å². The number of halogens is 1. The number of carbonyl (C=O) groups excluding carboxylic acids is 2. The third-order valence-electron chi connectivity index (χ3n) is 3.68. The molecule has 0 atom stereocenters. The third-order valence-corrected chi connectivity index (χ3v) is 4.21. The Kier molecular flexibility index (Phi) is 6.78. The largest absolute Gasteiger partial charge is 0.465 e. The molecule has 1 aromatic heterocycles. The number of furan rings is 1. The summed E-state index contributed by atoms with van der Waals surface area (Å²) in [4.78, 5) is 24.3. The minimum Gasteiger partial charge on any atom is -0.465 e. The zero-order chi connectivity index (χ0) is 20.6. The maximum Gasteiger partial charge on any atom is 0.257 e. The highest BCUT2D eigenvalue weighted by atomic mass is 35.5. The van der Waals surface area contributed by atoms with E-state index in [4.69, 9.17) is 28.2 Å². The van der Waals surface area contributed by atoms with E-state index < -0.39 is 5.91 Å². The Bertz CT molecular complexity index is 1060. The van der Waals surface area contributed by atoms with Crippen LogP contribution in [0.4, 0.5) is 11.4 Å². The molecule has 0 aliphatic rings. The van der Waals surface area contributed by atoms with Crippen LogP contribution in [0, 0.1) is 0 Å². The van der Waals surface area contributed by atoms with Crippen molar-refractivity contribution in [2.75, 3.05) is 10.6 Å². The van der Waals surface area contributed by atoms with E-state index in [2.05, 4.69) is 16.0 Å². The van der Waals surface area contributed by atoms with Crippen molar-refractivity contribution in [3.05, 3.63) is 89.3 Å². The van der Waals surface area contributed by atoms with Gasteiger partial charge in [0.2, 0.25) is 5.91 Å². The number of anilines is 2. The van der Waals surface area contributed by atoms with Gasteiger partial charge in [-0.25, -0.2) is 0 Å². The van der Waals surface area contributed by atoms with Crippen LogP contribution in [0.25, 0.3) is 6.08 Å². The quantitative estimate of drug-likeness (QED) is 0.407. The zero-order valence-corrected chi connectivity index (χ0v) is 16.6. The van der Waals surface area contributed by atoms with E-state index in [0.717, 1.165) is 0 Å². The molecule has 0 unspecified atom stereocenters. The first-order valence-corrected chi connectivity index (χ1v) is 9.29. The summed E-state index contributed by atoms with van der Waals surface area (Å²) in [5, 5.41) is 8.69. The van der Waals surface area contributed by atoms with Gasteiger partial charge in [-0.05, 0) is 60.8 Å². The number of nitrogens with one attached hydrogen (secondary N) is 3. The lowest BCUT2D eigenvalue weighted by atomic mass is 10.2. The third kappa shape index (κ3) is 6.03. The van der Waals surface area contributed by atoms with Crippen molar-refractivity contribution < 1.29 is 14.0 Å². The van der Waals surface area contributed by atoms with Crippen molar-refractivity contribution in [2.45, 2.75) is 0 Å². The van der Waals surface area contributed by atoms with Crippen molar-refractivity contribution in [1.82, 2.24) is 5.32 Å². The first-order chi connectivity index (χ1) is 14.0. The number of hydrogen-bond donors (Lipinski definition) is 3. The zero-order valence-electron chi connectivity index (χ0n) is 15.0. The lowest BCUT2D eigenvalue weighted by Crippen LogP contribution is -2.32. The van der Waals surface area contributed by atoms with Crippen molar-refractivity contribution in [3.63, 3.8) is 0 Å². The Labute approximate surface area is 177 Å². The molecule has 8 heteroatoms. The van der Waals surface area contributed by atoms with Gasteiger partial charge in [0.15, 0.2) is 5.11 Å². The standard InChI is InChI=1S/C21H16ClN3O3S/c22-18-9-2-1-8-17(18)20(27)23-14-5-3-6-15(13-14)24-21(29)25-19(26)11-10-16-7-4-12-28-16/h1-13H,(H,23,27)(H2,24,25,26,29)/b11-10+. The first-order valence-electron chi connectivity index (χ1n) is 8.51. The molecule has 0 aliphatic heterocycles. The minimum absolute atomic E-state index is 0.119. The van der Waals surface area contributed by atoms with Crippen molar-refractivity contribution >= 4 is 58.2 Å². The second kappa shape index (κ2) is 9.68. The van der Waals surface area contributed by atoms with Crippen molar-refractivity contribution in [3.8, 4) is 0 Å². The number of benzene rings is 2. The van der Waals surface area contributed by atoms with Crippen LogP contribution in [-0.4, -0.2) is 16.9 Å². The lowest BCUT2D eigenvalue weighted by Gasteiger charge is -2.11. The van der Waals surface area contributed by atoms with Gasteiger partial charge in [0, 0.05) is 17.5 Å². The van der Waals surface area contributed by atoms with Gasteiger partial charge in [0.1, 0.15) is 5.76 Å². The predicted octanol–water partition coefficient (Wildman–Crippen LogP) is 4.71. The summed E-state index contributed by atoms with van der Waals surface area (Å²) < 4.78 is 5.11. The maximum atomic E-state index is 12.4. The fraction of sp³-hybridized carbons (Fsp3) is 0. The number of rotatable bonds is 5. The number of hydrogen-bond acceptors (Lipinski definition) is 4. The van der Waals surface area contributed by atoms with Crippen LogP contribution in [-0.2, 0) is 4.79 Å². The van der Waals surface area contributed by atoms with Gasteiger partial charge in [-0.15, -0.1) is 0 Å². The van der Waals surface area contributed by atoms with Gasteiger partial charge in [-0.2, -0.15) is 0 Å². The molecular formula is C21H16ClN3O3S. The molecule has 146 valence electrons.